The minimum absolute atomic E-state index is 0.0956. The molecule has 0 radical (unpaired) electrons. The van der Waals surface area contributed by atoms with Crippen LogP contribution in [0.15, 0.2) is 24.3 Å². The lowest BCUT2D eigenvalue weighted by Crippen LogP contribution is -2.49. The van der Waals surface area contributed by atoms with Gasteiger partial charge in [0, 0.05) is 6.54 Å². The average Bonchev–Trinajstić information content (AvgIpc) is 2.55. The van der Waals surface area contributed by atoms with E-state index < -0.39 is 12.7 Å². The van der Waals surface area contributed by atoms with Crippen molar-refractivity contribution in [2.24, 2.45) is 11.7 Å². The Kier molecular flexibility index (Phi) is 6.08. The number of likely N-dealkylation sites (tertiary alicyclic amines) is 1. The highest BCUT2D eigenvalue weighted by Crippen LogP contribution is 2.26. The number of hydrogen-bond donors (Lipinski definition) is 2. The SMILES string of the molecule is C[C@H](C(=O)Nc1ccccc1OC(F)F)N1CCC[C@H](C(N)=O)C1. The van der Waals surface area contributed by atoms with Crippen molar-refractivity contribution >= 4 is 17.5 Å². The number of rotatable bonds is 6. The summed E-state index contributed by atoms with van der Waals surface area (Å²) in [6.07, 6.45) is 1.49. The largest absolute Gasteiger partial charge is 0.433 e. The Morgan fingerprint density at radius 1 is 1.38 bits per heavy atom. The van der Waals surface area contributed by atoms with Crippen LogP contribution >= 0.6 is 0 Å². The van der Waals surface area contributed by atoms with E-state index in [2.05, 4.69) is 10.1 Å². The number of para-hydroxylation sites is 2. The highest BCUT2D eigenvalue weighted by Gasteiger charge is 2.30. The molecule has 1 aromatic carbocycles. The van der Waals surface area contributed by atoms with Crippen LogP contribution in [0.1, 0.15) is 19.8 Å². The third-order valence-corrected chi connectivity index (χ3v) is 4.14. The summed E-state index contributed by atoms with van der Waals surface area (Å²) < 4.78 is 29.2. The number of anilines is 1. The van der Waals surface area contributed by atoms with Crippen molar-refractivity contribution in [2.45, 2.75) is 32.4 Å². The van der Waals surface area contributed by atoms with E-state index in [1.54, 1.807) is 19.1 Å². The fraction of sp³-hybridized carbons (Fsp3) is 0.500. The van der Waals surface area contributed by atoms with E-state index in [-0.39, 0.29) is 29.2 Å². The quantitative estimate of drug-likeness (QED) is 0.826. The summed E-state index contributed by atoms with van der Waals surface area (Å²) in [6, 6.07) is 5.48. The first-order valence-corrected chi connectivity index (χ1v) is 7.76. The van der Waals surface area contributed by atoms with Crippen LogP contribution in [-0.4, -0.2) is 42.5 Å². The number of carbonyl (C=O) groups excluding carboxylic acids is 2. The number of nitrogens with zero attached hydrogens (tertiary/aromatic N) is 1. The van der Waals surface area contributed by atoms with Crippen LogP contribution in [0.25, 0.3) is 0 Å². The molecule has 3 N–H and O–H groups in total. The number of amides is 2. The summed E-state index contributed by atoms with van der Waals surface area (Å²) in [4.78, 5) is 25.6. The highest BCUT2D eigenvalue weighted by atomic mass is 19.3. The molecule has 0 saturated carbocycles. The Hall–Kier alpha value is -2.22. The fourth-order valence-corrected chi connectivity index (χ4v) is 2.76. The van der Waals surface area contributed by atoms with Gasteiger partial charge in [-0.1, -0.05) is 12.1 Å². The van der Waals surface area contributed by atoms with E-state index in [1.165, 1.54) is 12.1 Å². The monoisotopic (exact) mass is 341 g/mol. The van der Waals surface area contributed by atoms with Gasteiger partial charge in [-0.05, 0) is 38.4 Å². The van der Waals surface area contributed by atoms with Crippen molar-refractivity contribution < 1.29 is 23.1 Å². The van der Waals surface area contributed by atoms with Crippen molar-refractivity contribution in [2.75, 3.05) is 18.4 Å². The van der Waals surface area contributed by atoms with Gasteiger partial charge in [0.1, 0.15) is 5.75 Å². The molecule has 1 fully saturated rings. The molecule has 2 rings (SSSR count). The molecule has 0 aromatic heterocycles. The summed E-state index contributed by atoms with van der Waals surface area (Å²) in [7, 11) is 0. The number of hydrogen-bond acceptors (Lipinski definition) is 4. The van der Waals surface area contributed by atoms with Crippen molar-refractivity contribution in [1.82, 2.24) is 4.90 Å². The average molecular weight is 341 g/mol. The molecule has 1 saturated heterocycles. The number of alkyl halides is 2. The predicted octanol–water partition coefficient (Wildman–Crippen LogP) is 1.81. The zero-order valence-electron chi connectivity index (χ0n) is 13.4. The molecule has 0 spiro atoms. The number of nitrogens with one attached hydrogen (secondary N) is 1. The lowest BCUT2D eigenvalue weighted by atomic mass is 9.96. The highest BCUT2D eigenvalue weighted by molar-refractivity contribution is 5.95. The summed E-state index contributed by atoms with van der Waals surface area (Å²) in [6.45, 7) is -0.180. The van der Waals surface area contributed by atoms with E-state index >= 15 is 0 Å². The maximum atomic E-state index is 12.4. The van der Waals surface area contributed by atoms with Gasteiger partial charge in [-0.3, -0.25) is 14.5 Å². The number of halogens is 2. The Morgan fingerprint density at radius 2 is 2.08 bits per heavy atom. The van der Waals surface area contributed by atoms with E-state index in [4.69, 9.17) is 5.73 Å². The summed E-state index contributed by atoms with van der Waals surface area (Å²) in [5.41, 5.74) is 5.52. The molecule has 1 aliphatic rings. The molecule has 0 aliphatic carbocycles. The van der Waals surface area contributed by atoms with E-state index in [9.17, 15) is 18.4 Å². The Labute approximate surface area is 138 Å². The molecule has 1 aromatic rings. The van der Waals surface area contributed by atoms with Crippen LogP contribution < -0.4 is 15.8 Å². The summed E-state index contributed by atoms with van der Waals surface area (Å²) >= 11 is 0. The topological polar surface area (TPSA) is 84.7 Å². The molecule has 1 aliphatic heterocycles. The van der Waals surface area contributed by atoms with Gasteiger partial charge in [-0.25, -0.2) is 0 Å². The third kappa shape index (κ3) is 4.64. The third-order valence-electron chi connectivity index (χ3n) is 4.14. The molecule has 8 heteroatoms. The second kappa shape index (κ2) is 8.05. The van der Waals surface area contributed by atoms with Crippen LogP contribution in [-0.2, 0) is 9.59 Å². The zero-order chi connectivity index (χ0) is 17.7. The Bertz CT molecular complexity index is 598. The predicted molar refractivity (Wildman–Crippen MR) is 84.7 cm³/mol. The van der Waals surface area contributed by atoms with Gasteiger partial charge >= 0.3 is 6.61 Å². The van der Waals surface area contributed by atoms with Gasteiger partial charge in [-0.15, -0.1) is 0 Å². The maximum Gasteiger partial charge on any atom is 0.387 e. The number of carbonyl (C=O) groups is 2. The Morgan fingerprint density at radius 3 is 2.75 bits per heavy atom. The van der Waals surface area contributed by atoms with E-state index in [0.29, 0.717) is 19.5 Å². The minimum atomic E-state index is -2.97. The zero-order valence-corrected chi connectivity index (χ0v) is 13.4. The first-order chi connectivity index (χ1) is 11.4. The molecule has 132 valence electrons. The van der Waals surface area contributed by atoms with Crippen LogP contribution in [0, 0.1) is 5.92 Å². The van der Waals surface area contributed by atoms with E-state index in [0.717, 1.165) is 6.42 Å². The smallest absolute Gasteiger partial charge is 0.387 e. The van der Waals surface area contributed by atoms with Crippen LogP contribution in [0.2, 0.25) is 0 Å². The van der Waals surface area contributed by atoms with Gasteiger partial charge in [0.15, 0.2) is 0 Å². The molecular weight excluding hydrogens is 320 g/mol. The number of piperidine rings is 1. The molecule has 1 heterocycles. The van der Waals surface area contributed by atoms with Crippen LogP contribution in [0.3, 0.4) is 0 Å². The van der Waals surface area contributed by atoms with Gasteiger partial charge in [0.2, 0.25) is 11.8 Å². The molecule has 24 heavy (non-hydrogen) atoms. The second-order valence-electron chi connectivity index (χ2n) is 5.78. The molecule has 0 unspecified atom stereocenters. The molecule has 0 bridgehead atoms. The van der Waals surface area contributed by atoms with Crippen LogP contribution in [0.4, 0.5) is 14.5 Å². The molecule has 2 amide bonds. The van der Waals surface area contributed by atoms with Crippen molar-refractivity contribution in [3.8, 4) is 5.75 Å². The minimum Gasteiger partial charge on any atom is -0.433 e. The summed E-state index contributed by atoms with van der Waals surface area (Å²) in [5, 5.41) is 2.60. The normalized spacial score (nSPS) is 19.8. The van der Waals surface area contributed by atoms with Gasteiger partial charge in [0.05, 0.1) is 17.6 Å². The van der Waals surface area contributed by atoms with Crippen molar-refractivity contribution in [1.29, 1.82) is 0 Å². The maximum absolute atomic E-state index is 12.4. The standard InChI is InChI=1S/C16H21F2N3O3/c1-10(21-8-4-5-11(9-21)14(19)22)15(23)20-12-6-2-3-7-13(12)24-16(17)18/h2-3,6-7,10-11,16H,4-5,8-9H2,1H3,(H2,19,22)(H,20,23)/t10-,11+/m1/s1. The molecular formula is C16H21F2N3O3. The lowest BCUT2D eigenvalue weighted by molar-refractivity contribution is -0.127. The number of benzene rings is 1. The first kappa shape index (κ1) is 18.1. The first-order valence-electron chi connectivity index (χ1n) is 7.76. The fourth-order valence-electron chi connectivity index (χ4n) is 2.76. The van der Waals surface area contributed by atoms with Gasteiger partial charge in [0.25, 0.3) is 0 Å². The lowest BCUT2D eigenvalue weighted by Gasteiger charge is -2.34. The number of nitrogens with two attached hydrogens (primary N) is 1. The van der Waals surface area contributed by atoms with E-state index in [1.807, 2.05) is 4.90 Å². The van der Waals surface area contributed by atoms with Crippen molar-refractivity contribution in [3.63, 3.8) is 0 Å². The Balaban J connectivity index is 2.03. The second-order valence-corrected chi connectivity index (χ2v) is 5.78. The number of ether oxygens (including phenoxy) is 1. The molecule has 2 atom stereocenters. The van der Waals surface area contributed by atoms with Gasteiger partial charge < -0.3 is 15.8 Å². The van der Waals surface area contributed by atoms with Crippen LogP contribution in [0.5, 0.6) is 5.75 Å². The molecule has 6 nitrogen and oxygen atoms in total. The van der Waals surface area contributed by atoms with Crippen molar-refractivity contribution in [3.05, 3.63) is 24.3 Å². The van der Waals surface area contributed by atoms with Gasteiger partial charge in [-0.2, -0.15) is 8.78 Å². The summed E-state index contributed by atoms with van der Waals surface area (Å²) in [5.74, 6) is -1.10. The number of primary amides is 1.